The number of rotatable bonds is 3. The Labute approximate surface area is 168 Å². The van der Waals surface area contributed by atoms with Crippen molar-refractivity contribution in [1.29, 1.82) is 0 Å². The standard InChI is InChI=1S/C21H26F3N3O2/c22-21(23,24)17-7-4-12-26(13-17)14-27-18(28)20(25-19(27)29)10-8-16(9-11-20)15-5-2-1-3-6-15/h1-3,5-6,16-17H,4,7-14H2,(H,25,29). The van der Waals surface area contributed by atoms with Gasteiger partial charge in [0.2, 0.25) is 0 Å². The van der Waals surface area contributed by atoms with E-state index in [2.05, 4.69) is 17.4 Å². The highest BCUT2D eigenvalue weighted by Gasteiger charge is 2.53. The van der Waals surface area contributed by atoms with Crippen LogP contribution in [0.15, 0.2) is 30.3 Å². The third-order valence-corrected chi connectivity index (χ3v) is 6.67. The van der Waals surface area contributed by atoms with E-state index in [-0.39, 0.29) is 25.5 Å². The molecule has 8 heteroatoms. The first-order valence-electron chi connectivity index (χ1n) is 10.3. The summed E-state index contributed by atoms with van der Waals surface area (Å²) in [5.74, 6) is -1.33. The van der Waals surface area contributed by atoms with E-state index in [9.17, 15) is 22.8 Å². The number of urea groups is 1. The van der Waals surface area contributed by atoms with E-state index in [1.54, 1.807) is 4.90 Å². The third-order valence-electron chi connectivity index (χ3n) is 6.67. The Bertz CT molecular complexity index is 760. The molecule has 2 aliphatic heterocycles. The van der Waals surface area contributed by atoms with Gasteiger partial charge in [-0.3, -0.25) is 9.69 Å². The Balaban J connectivity index is 1.39. The van der Waals surface area contributed by atoms with Crippen LogP contribution < -0.4 is 5.32 Å². The first kappa shape index (κ1) is 20.2. The topological polar surface area (TPSA) is 52.7 Å². The summed E-state index contributed by atoms with van der Waals surface area (Å²) in [5, 5.41) is 2.86. The minimum absolute atomic E-state index is 0.0683. The van der Waals surface area contributed by atoms with Crippen LogP contribution in [0.3, 0.4) is 0 Å². The largest absolute Gasteiger partial charge is 0.393 e. The zero-order valence-corrected chi connectivity index (χ0v) is 16.3. The molecule has 3 aliphatic rings. The molecule has 3 amide bonds. The zero-order chi connectivity index (χ0) is 20.6. The van der Waals surface area contributed by atoms with Gasteiger partial charge in [0, 0.05) is 6.54 Å². The van der Waals surface area contributed by atoms with Gasteiger partial charge in [0.05, 0.1) is 12.6 Å². The average molecular weight is 409 g/mol. The van der Waals surface area contributed by atoms with Gasteiger partial charge in [-0.25, -0.2) is 9.69 Å². The normalized spacial score (nSPS) is 31.3. The minimum Gasteiger partial charge on any atom is -0.323 e. The average Bonchev–Trinajstić information content (AvgIpc) is 2.93. The van der Waals surface area contributed by atoms with Gasteiger partial charge >= 0.3 is 12.2 Å². The lowest BCUT2D eigenvalue weighted by Gasteiger charge is -2.37. The maximum absolute atomic E-state index is 13.1. The van der Waals surface area contributed by atoms with Gasteiger partial charge < -0.3 is 5.32 Å². The number of amides is 3. The summed E-state index contributed by atoms with van der Waals surface area (Å²) >= 11 is 0. The molecule has 4 rings (SSSR count). The smallest absolute Gasteiger partial charge is 0.323 e. The number of likely N-dealkylation sites (tertiary alicyclic amines) is 1. The third kappa shape index (κ3) is 3.99. The van der Waals surface area contributed by atoms with Gasteiger partial charge in [-0.2, -0.15) is 13.2 Å². The number of halogens is 3. The van der Waals surface area contributed by atoms with Crippen LogP contribution in [0.4, 0.5) is 18.0 Å². The van der Waals surface area contributed by atoms with Gasteiger partial charge in [0.15, 0.2) is 0 Å². The lowest BCUT2D eigenvalue weighted by Crippen LogP contribution is -2.51. The maximum atomic E-state index is 13.1. The number of nitrogens with one attached hydrogen (secondary N) is 1. The number of hydrogen-bond acceptors (Lipinski definition) is 3. The molecule has 29 heavy (non-hydrogen) atoms. The van der Waals surface area contributed by atoms with Crippen LogP contribution in [-0.2, 0) is 4.79 Å². The van der Waals surface area contributed by atoms with Crippen molar-refractivity contribution in [1.82, 2.24) is 15.1 Å². The van der Waals surface area contributed by atoms with Gasteiger partial charge in [0.25, 0.3) is 5.91 Å². The summed E-state index contributed by atoms with van der Waals surface area (Å²) in [4.78, 5) is 28.3. The van der Waals surface area contributed by atoms with Crippen LogP contribution in [0.2, 0.25) is 0 Å². The summed E-state index contributed by atoms with van der Waals surface area (Å²) in [6, 6.07) is 9.64. The highest BCUT2D eigenvalue weighted by molar-refractivity contribution is 6.07. The molecule has 2 saturated heterocycles. The van der Waals surface area contributed by atoms with Crippen LogP contribution in [-0.4, -0.2) is 53.2 Å². The molecule has 1 unspecified atom stereocenters. The molecule has 0 radical (unpaired) electrons. The SMILES string of the molecule is O=C1NC2(CCC(c3ccccc3)CC2)C(=O)N1CN1CCCC(C(F)(F)F)C1. The van der Waals surface area contributed by atoms with Crippen LogP contribution >= 0.6 is 0 Å². The number of carbonyl (C=O) groups is 2. The van der Waals surface area contributed by atoms with Gasteiger partial charge in [-0.05, 0) is 56.6 Å². The predicted octanol–water partition coefficient (Wildman–Crippen LogP) is 3.87. The number of benzene rings is 1. The quantitative estimate of drug-likeness (QED) is 0.772. The molecular formula is C21H26F3N3O2. The summed E-state index contributed by atoms with van der Waals surface area (Å²) in [6.45, 7) is 0.234. The molecule has 1 atom stereocenters. The first-order valence-corrected chi connectivity index (χ1v) is 10.3. The van der Waals surface area contributed by atoms with Crippen LogP contribution in [0, 0.1) is 5.92 Å². The second-order valence-corrected chi connectivity index (χ2v) is 8.53. The molecule has 0 bridgehead atoms. The summed E-state index contributed by atoms with van der Waals surface area (Å²) < 4.78 is 39.2. The van der Waals surface area contributed by atoms with E-state index in [0.717, 1.165) is 17.7 Å². The van der Waals surface area contributed by atoms with Crippen molar-refractivity contribution in [2.75, 3.05) is 19.8 Å². The number of imide groups is 1. The van der Waals surface area contributed by atoms with Gasteiger partial charge in [-0.15, -0.1) is 0 Å². The van der Waals surface area contributed by atoms with Gasteiger partial charge in [0.1, 0.15) is 5.54 Å². The molecule has 1 spiro atoms. The summed E-state index contributed by atoms with van der Waals surface area (Å²) in [7, 11) is 0. The Morgan fingerprint density at radius 1 is 1.07 bits per heavy atom. The fourth-order valence-electron chi connectivity index (χ4n) is 4.96. The Hall–Kier alpha value is -2.09. The van der Waals surface area contributed by atoms with Gasteiger partial charge in [-0.1, -0.05) is 30.3 Å². The van der Waals surface area contributed by atoms with Crippen molar-refractivity contribution in [3.63, 3.8) is 0 Å². The molecular weight excluding hydrogens is 383 g/mol. The molecule has 1 saturated carbocycles. The maximum Gasteiger partial charge on any atom is 0.393 e. The fourth-order valence-corrected chi connectivity index (χ4v) is 4.96. The molecule has 1 N–H and O–H groups in total. The van der Waals surface area contributed by atoms with Crippen molar-refractivity contribution in [2.45, 2.75) is 56.2 Å². The number of hydrogen-bond donors (Lipinski definition) is 1. The van der Waals surface area contributed by atoms with E-state index in [4.69, 9.17) is 0 Å². The molecule has 1 aromatic rings. The minimum atomic E-state index is -4.24. The lowest BCUT2D eigenvalue weighted by molar-refractivity contribution is -0.187. The van der Waals surface area contributed by atoms with E-state index in [1.165, 1.54) is 5.56 Å². The molecule has 5 nitrogen and oxygen atoms in total. The predicted molar refractivity (Wildman–Crippen MR) is 101 cm³/mol. The van der Waals surface area contributed by atoms with E-state index in [0.29, 0.717) is 31.7 Å². The fraction of sp³-hybridized carbons (Fsp3) is 0.619. The molecule has 1 aromatic carbocycles. The Kier molecular flexibility index (Phi) is 5.31. The molecule has 0 aromatic heterocycles. The molecule has 158 valence electrons. The number of carbonyl (C=O) groups excluding carboxylic acids is 2. The van der Waals surface area contributed by atoms with Crippen LogP contribution in [0.5, 0.6) is 0 Å². The van der Waals surface area contributed by atoms with E-state index < -0.39 is 23.7 Å². The van der Waals surface area contributed by atoms with Crippen molar-refractivity contribution >= 4 is 11.9 Å². The zero-order valence-electron chi connectivity index (χ0n) is 16.3. The second-order valence-electron chi connectivity index (χ2n) is 8.53. The highest BCUT2D eigenvalue weighted by Crippen LogP contribution is 2.41. The number of piperidine rings is 1. The Morgan fingerprint density at radius 3 is 2.41 bits per heavy atom. The summed E-state index contributed by atoms with van der Waals surface area (Å²) in [6.07, 6.45) is -1.03. The van der Waals surface area contributed by atoms with Crippen LogP contribution in [0.1, 0.15) is 50.0 Å². The van der Waals surface area contributed by atoms with E-state index >= 15 is 0 Å². The molecule has 1 aliphatic carbocycles. The number of nitrogens with zero attached hydrogens (tertiary/aromatic N) is 2. The van der Waals surface area contributed by atoms with Crippen molar-refractivity contribution in [3.8, 4) is 0 Å². The Morgan fingerprint density at radius 2 is 1.76 bits per heavy atom. The second kappa shape index (κ2) is 7.63. The monoisotopic (exact) mass is 409 g/mol. The van der Waals surface area contributed by atoms with Crippen molar-refractivity contribution in [3.05, 3.63) is 35.9 Å². The highest BCUT2D eigenvalue weighted by atomic mass is 19.4. The van der Waals surface area contributed by atoms with Crippen molar-refractivity contribution in [2.24, 2.45) is 5.92 Å². The number of alkyl halides is 3. The van der Waals surface area contributed by atoms with Crippen molar-refractivity contribution < 1.29 is 22.8 Å². The molecule has 3 fully saturated rings. The van der Waals surface area contributed by atoms with E-state index in [1.807, 2.05) is 18.2 Å². The van der Waals surface area contributed by atoms with Crippen LogP contribution in [0.25, 0.3) is 0 Å². The first-order chi connectivity index (χ1) is 13.8. The lowest BCUT2D eigenvalue weighted by atomic mass is 9.74. The molecule has 2 heterocycles. The summed E-state index contributed by atoms with van der Waals surface area (Å²) in [5.41, 5.74) is 0.337.